The Balaban J connectivity index is 2.37. The summed E-state index contributed by atoms with van der Waals surface area (Å²) in [5.41, 5.74) is 0.0620. The van der Waals surface area contributed by atoms with Crippen molar-refractivity contribution in [3.8, 4) is 10.4 Å². The molecule has 0 bridgehead atoms. The van der Waals surface area contributed by atoms with Crippen molar-refractivity contribution >= 4 is 23.6 Å². The van der Waals surface area contributed by atoms with Gasteiger partial charge in [0.05, 0.1) is 10.4 Å². The number of rotatable bonds is 3. The number of aldehydes is 1. The molecule has 1 aromatic heterocycles. The van der Waals surface area contributed by atoms with E-state index in [1.54, 1.807) is 39.0 Å². The van der Waals surface area contributed by atoms with Crippen molar-refractivity contribution in [2.24, 2.45) is 0 Å². The Bertz CT molecular complexity index is 683. The van der Waals surface area contributed by atoms with Crippen molar-refractivity contribution in [2.75, 3.05) is 0 Å². The third-order valence-electron chi connectivity index (χ3n) is 2.56. The Morgan fingerprint density at radius 3 is 2.52 bits per heavy atom. The van der Waals surface area contributed by atoms with Gasteiger partial charge in [0, 0.05) is 4.88 Å². The van der Waals surface area contributed by atoms with Crippen LogP contribution in [0.2, 0.25) is 0 Å². The van der Waals surface area contributed by atoms with E-state index < -0.39 is 17.4 Å². The minimum Gasteiger partial charge on any atom is -0.456 e. The number of carbonyl (C=O) groups is 2. The third-order valence-corrected chi connectivity index (χ3v) is 3.62. The number of esters is 1. The molecule has 0 N–H and O–H groups in total. The van der Waals surface area contributed by atoms with Crippen LogP contribution in [-0.4, -0.2) is 17.9 Å². The van der Waals surface area contributed by atoms with E-state index in [9.17, 15) is 14.0 Å². The molecule has 21 heavy (non-hydrogen) atoms. The lowest BCUT2D eigenvalue weighted by Gasteiger charge is -2.19. The molecule has 1 heterocycles. The highest BCUT2D eigenvalue weighted by Gasteiger charge is 2.19. The molecule has 110 valence electrons. The van der Waals surface area contributed by atoms with Crippen LogP contribution in [0.3, 0.4) is 0 Å². The van der Waals surface area contributed by atoms with Crippen molar-refractivity contribution in [1.82, 2.24) is 0 Å². The topological polar surface area (TPSA) is 43.4 Å². The van der Waals surface area contributed by atoms with Gasteiger partial charge < -0.3 is 4.74 Å². The summed E-state index contributed by atoms with van der Waals surface area (Å²) >= 11 is 1.24. The smallest absolute Gasteiger partial charge is 0.338 e. The first-order valence-corrected chi connectivity index (χ1v) is 7.19. The maximum atomic E-state index is 13.7. The SMILES string of the molecule is CC(C)(C)OC(=O)c1cc(F)cc(-c2ccc(C=O)s2)c1. The molecule has 0 fully saturated rings. The number of halogens is 1. The summed E-state index contributed by atoms with van der Waals surface area (Å²) in [4.78, 5) is 24.0. The standard InChI is InChI=1S/C16H15FO3S/c1-16(2,3)20-15(19)11-6-10(7-12(17)8-11)14-5-4-13(9-18)21-14/h4-9H,1-3H3. The molecule has 5 heteroatoms. The Morgan fingerprint density at radius 1 is 1.24 bits per heavy atom. The summed E-state index contributed by atoms with van der Waals surface area (Å²) in [6, 6.07) is 7.42. The Morgan fingerprint density at radius 2 is 1.95 bits per heavy atom. The van der Waals surface area contributed by atoms with E-state index in [-0.39, 0.29) is 5.56 Å². The highest BCUT2D eigenvalue weighted by atomic mass is 32.1. The van der Waals surface area contributed by atoms with E-state index in [0.29, 0.717) is 10.4 Å². The quantitative estimate of drug-likeness (QED) is 0.626. The molecule has 0 aliphatic rings. The zero-order valence-corrected chi connectivity index (χ0v) is 12.8. The lowest BCUT2D eigenvalue weighted by Crippen LogP contribution is -2.24. The van der Waals surface area contributed by atoms with E-state index in [4.69, 9.17) is 4.74 Å². The molecule has 0 saturated carbocycles. The van der Waals surface area contributed by atoms with Crippen LogP contribution in [0.15, 0.2) is 30.3 Å². The molecule has 2 rings (SSSR count). The zero-order chi connectivity index (χ0) is 15.6. The summed E-state index contributed by atoms with van der Waals surface area (Å²) < 4.78 is 19.0. The van der Waals surface area contributed by atoms with Crippen LogP contribution in [0, 0.1) is 5.82 Å². The zero-order valence-electron chi connectivity index (χ0n) is 12.0. The summed E-state index contributed by atoms with van der Waals surface area (Å²) in [6.07, 6.45) is 0.738. The van der Waals surface area contributed by atoms with Crippen molar-refractivity contribution in [3.05, 3.63) is 46.6 Å². The minimum absolute atomic E-state index is 0.154. The predicted molar refractivity (Wildman–Crippen MR) is 80.3 cm³/mol. The van der Waals surface area contributed by atoms with E-state index in [1.807, 2.05) is 0 Å². The number of hydrogen-bond donors (Lipinski definition) is 0. The lowest BCUT2D eigenvalue weighted by molar-refractivity contribution is 0.00690. The van der Waals surface area contributed by atoms with Gasteiger partial charge in [-0.1, -0.05) is 0 Å². The molecule has 0 radical (unpaired) electrons. The highest BCUT2D eigenvalue weighted by molar-refractivity contribution is 7.17. The van der Waals surface area contributed by atoms with Gasteiger partial charge in [-0.2, -0.15) is 0 Å². The molecular formula is C16H15FO3S. The van der Waals surface area contributed by atoms with Crippen molar-refractivity contribution in [3.63, 3.8) is 0 Å². The van der Waals surface area contributed by atoms with Gasteiger partial charge in [0.15, 0.2) is 6.29 Å². The van der Waals surface area contributed by atoms with Crippen LogP contribution < -0.4 is 0 Å². The second-order valence-corrected chi connectivity index (χ2v) is 6.67. The molecule has 1 aromatic carbocycles. The van der Waals surface area contributed by atoms with E-state index in [1.165, 1.54) is 17.4 Å². The van der Waals surface area contributed by atoms with Crippen LogP contribution in [-0.2, 0) is 4.74 Å². The van der Waals surface area contributed by atoms with Crippen LogP contribution in [0.4, 0.5) is 4.39 Å². The monoisotopic (exact) mass is 306 g/mol. The second-order valence-electron chi connectivity index (χ2n) is 5.55. The number of hydrogen-bond acceptors (Lipinski definition) is 4. The van der Waals surface area contributed by atoms with Gasteiger partial charge in [-0.15, -0.1) is 11.3 Å². The van der Waals surface area contributed by atoms with Crippen molar-refractivity contribution in [1.29, 1.82) is 0 Å². The van der Waals surface area contributed by atoms with E-state index in [0.717, 1.165) is 17.2 Å². The Labute approximate surface area is 126 Å². The molecule has 0 unspecified atom stereocenters. The molecular weight excluding hydrogens is 291 g/mol. The fourth-order valence-electron chi connectivity index (χ4n) is 1.76. The number of thiophene rings is 1. The fraction of sp³-hybridized carbons (Fsp3) is 0.250. The summed E-state index contributed by atoms with van der Waals surface area (Å²) in [6.45, 7) is 5.25. The van der Waals surface area contributed by atoms with Gasteiger partial charge in [0.25, 0.3) is 0 Å². The number of ether oxygens (including phenoxy) is 1. The highest BCUT2D eigenvalue weighted by Crippen LogP contribution is 2.29. The summed E-state index contributed by atoms with van der Waals surface area (Å²) in [5.74, 6) is -1.09. The first-order chi connectivity index (χ1) is 9.78. The number of carbonyl (C=O) groups excluding carboxylic acids is 2. The van der Waals surface area contributed by atoms with Gasteiger partial charge in [0.2, 0.25) is 0 Å². The van der Waals surface area contributed by atoms with Crippen LogP contribution in [0.25, 0.3) is 10.4 Å². The van der Waals surface area contributed by atoms with E-state index in [2.05, 4.69) is 0 Å². The average Bonchev–Trinajstić information content (AvgIpc) is 2.84. The van der Waals surface area contributed by atoms with Gasteiger partial charge >= 0.3 is 5.97 Å². The van der Waals surface area contributed by atoms with Crippen LogP contribution >= 0.6 is 11.3 Å². The molecule has 2 aromatic rings. The molecule has 3 nitrogen and oxygen atoms in total. The first kappa shape index (κ1) is 15.4. The maximum Gasteiger partial charge on any atom is 0.338 e. The van der Waals surface area contributed by atoms with Gasteiger partial charge in [0.1, 0.15) is 11.4 Å². The average molecular weight is 306 g/mol. The van der Waals surface area contributed by atoms with Gasteiger partial charge in [-0.05, 0) is 56.7 Å². The molecule has 0 aliphatic carbocycles. The largest absolute Gasteiger partial charge is 0.456 e. The molecule has 0 saturated heterocycles. The second kappa shape index (κ2) is 5.77. The Kier molecular flexibility index (Phi) is 4.23. The van der Waals surface area contributed by atoms with Gasteiger partial charge in [-0.25, -0.2) is 9.18 Å². The fourth-order valence-corrected chi connectivity index (χ4v) is 2.57. The molecule has 0 amide bonds. The molecule has 0 spiro atoms. The van der Waals surface area contributed by atoms with Crippen LogP contribution in [0.1, 0.15) is 40.8 Å². The van der Waals surface area contributed by atoms with Crippen molar-refractivity contribution < 1.29 is 18.7 Å². The normalized spacial score (nSPS) is 11.2. The molecule has 0 atom stereocenters. The number of benzene rings is 1. The summed E-state index contributed by atoms with van der Waals surface area (Å²) in [5, 5.41) is 0. The van der Waals surface area contributed by atoms with E-state index >= 15 is 0 Å². The third kappa shape index (κ3) is 3.98. The summed E-state index contributed by atoms with van der Waals surface area (Å²) in [7, 11) is 0. The van der Waals surface area contributed by atoms with Gasteiger partial charge in [-0.3, -0.25) is 4.79 Å². The maximum absolute atomic E-state index is 13.7. The van der Waals surface area contributed by atoms with Crippen molar-refractivity contribution in [2.45, 2.75) is 26.4 Å². The minimum atomic E-state index is -0.642. The lowest BCUT2D eigenvalue weighted by atomic mass is 10.1. The predicted octanol–water partition coefficient (Wildman–Crippen LogP) is 4.32. The Hall–Kier alpha value is -2.01. The first-order valence-electron chi connectivity index (χ1n) is 6.38. The molecule has 0 aliphatic heterocycles. The van der Waals surface area contributed by atoms with Crippen LogP contribution in [0.5, 0.6) is 0 Å².